The SMILES string of the molecule is COc1cccnc1CCOS(=O)(=O)c1ccc(C)cc1. The van der Waals surface area contributed by atoms with Gasteiger partial charge >= 0.3 is 0 Å². The molecule has 0 unspecified atom stereocenters. The Hall–Kier alpha value is -1.92. The number of benzene rings is 1. The minimum Gasteiger partial charge on any atom is -0.495 e. The fourth-order valence-electron chi connectivity index (χ4n) is 1.82. The minimum absolute atomic E-state index is 0.0174. The number of hydrogen-bond donors (Lipinski definition) is 0. The summed E-state index contributed by atoms with van der Waals surface area (Å²) in [6.07, 6.45) is 1.99. The Bertz CT molecular complexity index is 696. The van der Waals surface area contributed by atoms with Gasteiger partial charge in [-0.1, -0.05) is 17.7 Å². The second kappa shape index (κ2) is 6.69. The Balaban J connectivity index is 2.01. The highest BCUT2D eigenvalue weighted by atomic mass is 32.2. The van der Waals surface area contributed by atoms with Crippen LogP contribution in [0, 0.1) is 6.92 Å². The predicted molar refractivity (Wildman–Crippen MR) is 78.8 cm³/mol. The maximum absolute atomic E-state index is 12.0. The van der Waals surface area contributed by atoms with Gasteiger partial charge in [-0.2, -0.15) is 8.42 Å². The van der Waals surface area contributed by atoms with Gasteiger partial charge in [0.25, 0.3) is 10.1 Å². The molecule has 0 radical (unpaired) electrons. The molecule has 0 fully saturated rings. The van der Waals surface area contributed by atoms with E-state index in [1.54, 1.807) is 37.6 Å². The molecule has 0 aliphatic rings. The molecule has 0 N–H and O–H groups in total. The molecule has 0 saturated carbocycles. The van der Waals surface area contributed by atoms with E-state index >= 15 is 0 Å². The van der Waals surface area contributed by atoms with E-state index in [4.69, 9.17) is 8.92 Å². The van der Waals surface area contributed by atoms with Crippen LogP contribution in [0.1, 0.15) is 11.3 Å². The summed E-state index contributed by atoms with van der Waals surface area (Å²) in [7, 11) is -2.19. The third-order valence-electron chi connectivity index (χ3n) is 2.96. The summed E-state index contributed by atoms with van der Waals surface area (Å²) < 4.78 is 34.2. The average molecular weight is 307 g/mol. The van der Waals surface area contributed by atoms with Gasteiger partial charge in [0.1, 0.15) is 5.75 Å². The average Bonchev–Trinajstić information content (AvgIpc) is 2.48. The molecule has 5 nitrogen and oxygen atoms in total. The highest BCUT2D eigenvalue weighted by Crippen LogP contribution is 2.17. The van der Waals surface area contributed by atoms with Gasteiger partial charge in [-0.3, -0.25) is 9.17 Å². The van der Waals surface area contributed by atoms with Crippen molar-refractivity contribution in [2.75, 3.05) is 13.7 Å². The normalized spacial score (nSPS) is 11.3. The number of ether oxygens (including phenoxy) is 1. The van der Waals surface area contributed by atoms with Crippen LogP contribution in [0.2, 0.25) is 0 Å². The van der Waals surface area contributed by atoms with Crippen molar-refractivity contribution in [3.05, 3.63) is 53.9 Å². The van der Waals surface area contributed by atoms with Crippen LogP contribution in [0.4, 0.5) is 0 Å². The Labute approximate surface area is 124 Å². The first-order valence-electron chi connectivity index (χ1n) is 6.47. The van der Waals surface area contributed by atoms with Crippen LogP contribution in [0.25, 0.3) is 0 Å². The molecule has 1 heterocycles. The van der Waals surface area contributed by atoms with Crippen LogP contribution >= 0.6 is 0 Å². The molecule has 1 aromatic carbocycles. The van der Waals surface area contributed by atoms with Crippen LogP contribution < -0.4 is 4.74 Å². The molecule has 0 atom stereocenters. The summed E-state index contributed by atoms with van der Waals surface area (Å²) in [6, 6.07) is 10.1. The molecular formula is C15H17NO4S. The summed E-state index contributed by atoms with van der Waals surface area (Å²) in [4.78, 5) is 4.31. The van der Waals surface area contributed by atoms with Crippen molar-refractivity contribution in [1.29, 1.82) is 0 Å². The van der Waals surface area contributed by atoms with Crippen LogP contribution in [0.5, 0.6) is 5.75 Å². The highest BCUT2D eigenvalue weighted by molar-refractivity contribution is 7.86. The van der Waals surface area contributed by atoms with Crippen molar-refractivity contribution in [2.24, 2.45) is 0 Å². The van der Waals surface area contributed by atoms with Gasteiger partial charge in [0.15, 0.2) is 0 Å². The second-order valence-electron chi connectivity index (χ2n) is 4.49. The smallest absolute Gasteiger partial charge is 0.296 e. The lowest BCUT2D eigenvalue weighted by Crippen LogP contribution is -2.10. The number of aryl methyl sites for hydroxylation is 1. The van der Waals surface area contributed by atoms with E-state index in [1.165, 1.54) is 12.1 Å². The maximum atomic E-state index is 12.0. The number of rotatable bonds is 6. The van der Waals surface area contributed by atoms with Crippen molar-refractivity contribution in [1.82, 2.24) is 4.98 Å². The molecule has 0 amide bonds. The van der Waals surface area contributed by atoms with Gasteiger partial charge in [-0.05, 0) is 31.2 Å². The van der Waals surface area contributed by atoms with Crippen molar-refractivity contribution >= 4 is 10.1 Å². The molecule has 2 rings (SSSR count). The molecule has 1 aromatic heterocycles. The third-order valence-corrected chi connectivity index (χ3v) is 4.28. The molecule has 0 bridgehead atoms. The lowest BCUT2D eigenvalue weighted by atomic mass is 10.2. The fourth-order valence-corrected chi connectivity index (χ4v) is 2.73. The number of aromatic nitrogens is 1. The first-order chi connectivity index (χ1) is 10.0. The van der Waals surface area contributed by atoms with E-state index in [0.717, 1.165) is 5.56 Å². The van der Waals surface area contributed by atoms with Crippen molar-refractivity contribution in [3.8, 4) is 5.75 Å². The van der Waals surface area contributed by atoms with E-state index < -0.39 is 10.1 Å². The molecule has 6 heteroatoms. The first-order valence-corrected chi connectivity index (χ1v) is 7.88. The minimum atomic E-state index is -3.74. The monoisotopic (exact) mass is 307 g/mol. The van der Waals surface area contributed by atoms with E-state index in [-0.39, 0.29) is 11.5 Å². The molecule has 0 spiro atoms. The largest absolute Gasteiger partial charge is 0.495 e. The number of pyridine rings is 1. The second-order valence-corrected chi connectivity index (χ2v) is 6.11. The standard InChI is InChI=1S/C15H17NO4S/c1-12-5-7-13(8-6-12)21(17,18)20-11-9-14-15(19-2)4-3-10-16-14/h3-8,10H,9,11H2,1-2H3. The van der Waals surface area contributed by atoms with Gasteiger partial charge in [-0.25, -0.2) is 0 Å². The van der Waals surface area contributed by atoms with Crippen LogP contribution in [0.3, 0.4) is 0 Å². The van der Waals surface area contributed by atoms with Crippen molar-refractivity contribution < 1.29 is 17.3 Å². The highest BCUT2D eigenvalue weighted by Gasteiger charge is 2.15. The van der Waals surface area contributed by atoms with E-state index in [0.29, 0.717) is 17.9 Å². The first kappa shape index (κ1) is 15.5. The molecule has 2 aromatic rings. The third kappa shape index (κ3) is 4.03. The zero-order valence-corrected chi connectivity index (χ0v) is 12.8. The fraction of sp³-hybridized carbons (Fsp3) is 0.267. The van der Waals surface area contributed by atoms with Gasteiger partial charge in [0, 0.05) is 12.6 Å². The summed E-state index contributed by atoms with van der Waals surface area (Å²) in [5.41, 5.74) is 1.66. The summed E-state index contributed by atoms with van der Waals surface area (Å²) >= 11 is 0. The van der Waals surface area contributed by atoms with Gasteiger partial charge in [-0.15, -0.1) is 0 Å². The van der Waals surface area contributed by atoms with Crippen LogP contribution in [-0.2, 0) is 20.7 Å². The quantitative estimate of drug-likeness (QED) is 0.766. The number of methoxy groups -OCH3 is 1. The summed E-state index contributed by atoms with van der Waals surface area (Å²) in [5.74, 6) is 0.619. The molecule has 0 aliphatic heterocycles. The lowest BCUT2D eigenvalue weighted by molar-refractivity contribution is 0.317. The number of nitrogens with zero attached hydrogens (tertiary/aromatic N) is 1. The molecule has 0 saturated heterocycles. The van der Waals surface area contributed by atoms with Gasteiger partial charge < -0.3 is 4.74 Å². The Morgan fingerprint density at radius 2 is 1.86 bits per heavy atom. The van der Waals surface area contributed by atoms with Crippen LogP contribution in [0.15, 0.2) is 47.5 Å². The predicted octanol–water partition coefficient (Wildman–Crippen LogP) is 2.35. The lowest BCUT2D eigenvalue weighted by Gasteiger charge is -2.08. The van der Waals surface area contributed by atoms with Crippen LogP contribution in [-0.4, -0.2) is 27.1 Å². The Morgan fingerprint density at radius 1 is 1.14 bits per heavy atom. The summed E-state index contributed by atoms with van der Waals surface area (Å²) in [6.45, 7) is 1.91. The molecular weight excluding hydrogens is 290 g/mol. The van der Waals surface area contributed by atoms with E-state index in [9.17, 15) is 8.42 Å². The van der Waals surface area contributed by atoms with E-state index in [1.807, 2.05) is 6.92 Å². The topological polar surface area (TPSA) is 65.5 Å². The van der Waals surface area contributed by atoms with Gasteiger partial charge in [0.2, 0.25) is 0 Å². The Kier molecular flexibility index (Phi) is 4.93. The summed E-state index contributed by atoms with van der Waals surface area (Å²) in [5, 5.41) is 0. The van der Waals surface area contributed by atoms with Crippen molar-refractivity contribution in [2.45, 2.75) is 18.2 Å². The maximum Gasteiger partial charge on any atom is 0.296 e. The molecule has 112 valence electrons. The molecule has 0 aliphatic carbocycles. The molecule has 21 heavy (non-hydrogen) atoms. The van der Waals surface area contributed by atoms with Crippen molar-refractivity contribution in [3.63, 3.8) is 0 Å². The number of hydrogen-bond acceptors (Lipinski definition) is 5. The van der Waals surface area contributed by atoms with Gasteiger partial charge in [0.05, 0.1) is 24.3 Å². The zero-order chi connectivity index (χ0) is 15.3. The zero-order valence-electron chi connectivity index (χ0n) is 11.9. The van der Waals surface area contributed by atoms with E-state index in [2.05, 4.69) is 4.98 Å². The Morgan fingerprint density at radius 3 is 2.52 bits per heavy atom.